The molecular weight excluding hydrogens is 396 g/mol. The van der Waals surface area contributed by atoms with E-state index < -0.39 is 27.4 Å². The second-order valence-corrected chi connectivity index (χ2v) is 8.93. The van der Waals surface area contributed by atoms with E-state index in [1.807, 2.05) is 0 Å². The van der Waals surface area contributed by atoms with Gasteiger partial charge in [0.15, 0.2) is 9.84 Å². The summed E-state index contributed by atoms with van der Waals surface area (Å²) in [6.07, 6.45) is 0.788. The van der Waals surface area contributed by atoms with Crippen LogP contribution in [0, 0.1) is 0 Å². The summed E-state index contributed by atoms with van der Waals surface area (Å²) in [6, 6.07) is 15.3. The molecule has 0 radical (unpaired) electrons. The number of rotatable bonds is 7. The Morgan fingerprint density at radius 2 is 1.76 bits per heavy atom. The van der Waals surface area contributed by atoms with Crippen LogP contribution in [0.2, 0.25) is 0 Å². The molecule has 1 heterocycles. The minimum Gasteiger partial charge on any atom is -0.507 e. The number of carbonyl (C=O) groups is 1. The predicted molar refractivity (Wildman–Crippen MR) is 108 cm³/mol. The van der Waals surface area contributed by atoms with E-state index in [2.05, 4.69) is 0 Å². The van der Waals surface area contributed by atoms with E-state index >= 15 is 0 Å². The van der Waals surface area contributed by atoms with Crippen LogP contribution in [0.4, 0.5) is 0 Å². The molecule has 2 aromatic carbocycles. The number of hydrogen-bond donors (Lipinski definition) is 1. The molecule has 7 nitrogen and oxygen atoms in total. The number of fused-ring (bicyclic) bond motifs is 1. The Labute approximate surface area is 167 Å². The normalized spacial score (nSPS) is 12.6. The Kier molecular flexibility index (Phi) is 6.03. The van der Waals surface area contributed by atoms with E-state index in [9.17, 15) is 23.1 Å². The average Bonchev–Trinajstić information content (AvgIpc) is 2.67. The van der Waals surface area contributed by atoms with Crippen molar-refractivity contribution in [2.24, 2.45) is 0 Å². The van der Waals surface area contributed by atoms with Gasteiger partial charge in [0.1, 0.15) is 17.9 Å². The molecule has 0 aliphatic heterocycles. The van der Waals surface area contributed by atoms with Gasteiger partial charge < -0.3 is 14.3 Å². The zero-order valence-corrected chi connectivity index (χ0v) is 16.5. The first-order chi connectivity index (χ1) is 13.8. The van der Waals surface area contributed by atoms with Crippen molar-refractivity contribution in [1.82, 2.24) is 0 Å². The van der Waals surface area contributed by atoms with Crippen molar-refractivity contribution < 1.29 is 27.5 Å². The molecule has 3 aromatic rings. The molecule has 0 bridgehead atoms. The first-order valence-corrected chi connectivity index (χ1v) is 11.0. The lowest BCUT2D eigenvalue weighted by Crippen LogP contribution is -2.20. The van der Waals surface area contributed by atoms with Crippen LogP contribution in [0.15, 0.2) is 63.8 Å². The van der Waals surface area contributed by atoms with Crippen molar-refractivity contribution in [3.8, 4) is 5.75 Å². The molecule has 0 saturated heterocycles. The van der Waals surface area contributed by atoms with Gasteiger partial charge in [-0.1, -0.05) is 42.5 Å². The standard InChI is InChI=1S/C21H20O7S/c1-29(25,26)12-11-27-18(22)13-16(14-7-3-2-4-8-14)19-20(23)15-9-5-6-10-17(15)28-21(19)24/h2-10,16,23H,11-13H2,1H3. The number of benzene rings is 2. The van der Waals surface area contributed by atoms with Crippen LogP contribution in [0.1, 0.15) is 23.5 Å². The molecule has 3 rings (SSSR count). The maximum absolute atomic E-state index is 12.6. The maximum atomic E-state index is 12.6. The second kappa shape index (κ2) is 8.48. The third kappa shape index (κ3) is 5.03. The fourth-order valence-electron chi connectivity index (χ4n) is 3.06. The summed E-state index contributed by atoms with van der Waals surface area (Å²) in [5.41, 5.74) is 0.0562. The van der Waals surface area contributed by atoms with Crippen LogP contribution < -0.4 is 5.63 Å². The monoisotopic (exact) mass is 416 g/mol. The zero-order chi connectivity index (χ0) is 21.0. The smallest absolute Gasteiger partial charge is 0.343 e. The van der Waals surface area contributed by atoms with Gasteiger partial charge in [-0.25, -0.2) is 13.2 Å². The van der Waals surface area contributed by atoms with Gasteiger partial charge >= 0.3 is 11.6 Å². The maximum Gasteiger partial charge on any atom is 0.343 e. The molecule has 1 N–H and O–H groups in total. The molecule has 0 spiro atoms. The Balaban J connectivity index is 1.98. The fourth-order valence-corrected chi connectivity index (χ4v) is 3.45. The van der Waals surface area contributed by atoms with Gasteiger partial charge in [0.25, 0.3) is 0 Å². The lowest BCUT2D eigenvalue weighted by atomic mass is 9.88. The minimum absolute atomic E-state index is 0.0463. The van der Waals surface area contributed by atoms with Gasteiger partial charge in [-0.15, -0.1) is 0 Å². The summed E-state index contributed by atoms with van der Waals surface area (Å²) in [6.45, 7) is -0.280. The molecule has 0 amide bonds. The van der Waals surface area contributed by atoms with Crippen LogP contribution in [0.5, 0.6) is 5.75 Å². The molecule has 0 fully saturated rings. The summed E-state index contributed by atoms with van der Waals surface area (Å²) in [5.74, 6) is -2.05. The number of esters is 1. The van der Waals surface area contributed by atoms with Crippen molar-refractivity contribution in [1.29, 1.82) is 0 Å². The SMILES string of the molecule is CS(=O)(=O)CCOC(=O)CC(c1ccccc1)c1c(O)c2ccccc2oc1=O. The second-order valence-electron chi connectivity index (χ2n) is 6.67. The fraction of sp³-hybridized carbons (Fsp3) is 0.238. The topological polar surface area (TPSA) is 111 Å². The minimum atomic E-state index is -3.27. The van der Waals surface area contributed by atoms with Crippen molar-refractivity contribution >= 4 is 26.8 Å². The van der Waals surface area contributed by atoms with Crippen molar-refractivity contribution in [2.75, 3.05) is 18.6 Å². The van der Waals surface area contributed by atoms with Gasteiger partial charge in [0.05, 0.1) is 23.1 Å². The van der Waals surface area contributed by atoms with Gasteiger partial charge in [0.2, 0.25) is 0 Å². The number of ether oxygens (including phenoxy) is 1. The molecule has 0 aliphatic carbocycles. The first-order valence-electron chi connectivity index (χ1n) is 8.89. The van der Waals surface area contributed by atoms with Crippen LogP contribution in [0.3, 0.4) is 0 Å². The largest absolute Gasteiger partial charge is 0.507 e. The molecule has 0 aliphatic rings. The number of para-hydroxylation sites is 1. The Morgan fingerprint density at radius 3 is 2.45 bits per heavy atom. The Bertz CT molecular complexity index is 1180. The van der Waals surface area contributed by atoms with E-state index in [-0.39, 0.29) is 35.7 Å². The quantitative estimate of drug-likeness (QED) is 0.465. The third-order valence-electron chi connectivity index (χ3n) is 4.46. The van der Waals surface area contributed by atoms with Crippen molar-refractivity contribution in [3.63, 3.8) is 0 Å². The summed E-state index contributed by atoms with van der Waals surface area (Å²) < 4.78 is 32.8. The number of aromatic hydroxyl groups is 1. The van der Waals surface area contributed by atoms with Gasteiger partial charge in [0, 0.05) is 12.2 Å². The molecule has 1 aromatic heterocycles. The molecule has 8 heteroatoms. The predicted octanol–water partition coefficient (Wildman–Crippen LogP) is 2.61. The molecular formula is C21H20O7S. The lowest BCUT2D eigenvalue weighted by Gasteiger charge is -2.18. The van der Waals surface area contributed by atoms with Crippen LogP contribution in [0.25, 0.3) is 11.0 Å². The third-order valence-corrected chi connectivity index (χ3v) is 5.37. The number of sulfone groups is 1. The van der Waals surface area contributed by atoms with Crippen LogP contribution >= 0.6 is 0 Å². The van der Waals surface area contributed by atoms with E-state index in [4.69, 9.17) is 9.15 Å². The van der Waals surface area contributed by atoms with Gasteiger partial charge in [-0.05, 0) is 17.7 Å². The Morgan fingerprint density at radius 1 is 1.10 bits per heavy atom. The number of carbonyl (C=O) groups excluding carboxylic acids is 1. The van der Waals surface area contributed by atoms with E-state index in [0.717, 1.165) is 6.26 Å². The highest BCUT2D eigenvalue weighted by Crippen LogP contribution is 2.36. The van der Waals surface area contributed by atoms with E-state index in [1.54, 1.807) is 54.6 Å². The van der Waals surface area contributed by atoms with Gasteiger partial charge in [-0.2, -0.15) is 0 Å². The number of hydrogen-bond acceptors (Lipinski definition) is 7. The van der Waals surface area contributed by atoms with E-state index in [1.165, 1.54) is 0 Å². The van der Waals surface area contributed by atoms with Crippen LogP contribution in [-0.2, 0) is 19.4 Å². The van der Waals surface area contributed by atoms with Crippen molar-refractivity contribution in [3.05, 3.63) is 76.1 Å². The summed E-state index contributed by atoms with van der Waals surface area (Å²) in [7, 11) is -3.27. The first kappa shape index (κ1) is 20.6. The van der Waals surface area contributed by atoms with Crippen molar-refractivity contribution in [2.45, 2.75) is 12.3 Å². The Hall–Kier alpha value is -3.13. The highest BCUT2D eigenvalue weighted by Gasteiger charge is 2.27. The highest BCUT2D eigenvalue weighted by molar-refractivity contribution is 7.90. The van der Waals surface area contributed by atoms with Crippen LogP contribution in [-0.4, -0.2) is 38.1 Å². The highest BCUT2D eigenvalue weighted by atomic mass is 32.2. The lowest BCUT2D eigenvalue weighted by molar-refractivity contribution is -0.143. The summed E-state index contributed by atoms with van der Waals surface area (Å²) in [5, 5.41) is 11.1. The molecule has 1 atom stereocenters. The molecule has 152 valence electrons. The average molecular weight is 416 g/mol. The summed E-state index contributed by atoms with van der Waals surface area (Å²) in [4.78, 5) is 25.0. The molecule has 1 unspecified atom stereocenters. The molecule has 29 heavy (non-hydrogen) atoms. The molecule has 0 saturated carbocycles. The zero-order valence-electron chi connectivity index (χ0n) is 15.7. The van der Waals surface area contributed by atoms with Gasteiger partial charge in [-0.3, -0.25) is 4.79 Å². The summed E-state index contributed by atoms with van der Waals surface area (Å²) >= 11 is 0. The van der Waals surface area contributed by atoms with E-state index in [0.29, 0.717) is 10.9 Å².